The number of benzene rings is 1. The summed E-state index contributed by atoms with van der Waals surface area (Å²) in [4.78, 5) is 28.3. The molecule has 0 saturated carbocycles. The van der Waals surface area contributed by atoms with E-state index in [1.807, 2.05) is 6.92 Å². The van der Waals surface area contributed by atoms with Gasteiger partial charge in [-0.3, -0.25) is 9.69 Å². The zero-order valence-electron chi connectivity index (χ0n) is 13.4. The molecule has 2 atom stereocenters. The number of hydrogen-bond acceptors (Lipinski definition) is 3. The Hall–Kier alpha value is -2.11. The van der Waals surface area contributed by atoms with Gasteiger partial charge in [-0.05, 0) is 50.5 Å². The van der Waals surface area contributed by atoms with Crippen molar-refractivity contribution in [2.24, 2.45) is 0 Å². The summed E-state index contributed by atoms with van der Waals surface area (Å²) in [6.45, 7) is 4.59. The Morgan fingerprint density at radius 3 is 2.61 bits per heavy atom. The molecule has 3 amide bonds. The van der Waals surface area contributed by atoms with E-state index in [1.54, 1.807) is 11.8 Å². The minimum Gasteiger partial charge on any atom is -0.489 e. The van der Waals surface area contributed by atoms with Crippen molar-refractivity contribution >= 4 is 11.9 Å². The summed E-state index contributed by atoms with van der Waals surface area (Å²) in [5.74, 6) is 0.0705. The Labute approximate surface area is 135 Å². The maximum absolute atomic E-state index is 12.9. The van der Waals surface area contributed by atoms with Crippen LogP contribution in [0.2, 0.25) is 0 Å². The van der Waals surface area contributed by atoms with Gasteiger partial charge < -0.3 is 9.64 Å². The fraction of sp³-hybridized carbons (Fsp3) is 0.529. The molecule has 2 heterocycles. The number of hydrogen-bond donors (Lipinski definition) is 0. The van der Waals surface area contributed by atoms with Crippen molar-refractivity contribution < 1.29 is 18.7 Å². The van der Waals surface area contributed by atoms with Gasteiger partial charge in [-0.15, -0.1) is 0 Å². The average Bonchev–Trinajstić information content (AvgIpc) is 3.05. The first-order valence-electron chi connectivity index (χ1n) is 8.04. The zero-order valence-corrected chi connectivity index (χ0v) is 13.4. The second kappa shape index (κ2) is 5.83. The molecule has 3 rings (SSSR count). The predicted octanol–water partition coefficient (Wildman–Crippen LogP) is 2.80. The maximum Gasteiger partial charge on any atom is 0.327 e. The quantitative estimate of drug-likeness (QED) is 0.784. The second-order valence-electron chi connectivity index (χ2n) is 6.22. The fourth-order valence-corrected chi connectivity index (χ4v) is 3.58. The molecule has 0 aliphatic carbocycles. The van der Waals surface area contributed by atoms with Crippen LogP contribution in [0.25, 0.3) is 0 Å². The molecule has 2 fully saturated rings. The van der Waals surface area contributed by atoms with Gasteiger partial charge in [0.1, 0.15) is 23.2 Å². The molecule has 1 aromatic carbocycles. The first-order valence-corrected chi connectivity index (χ1v) is 8.04. The van der Waals surface area contributed by atoms with Gasteiger partial charge in [-0.2, -0.15) is 0 Å². The van der Waals surface area contributed by atoms with E-state index in [9.17, 15) is 14.0 Å². The largest absolute Gasteiger partial charge is 0.489 e. The summed E-state index contributed by atoms with van der Waals surface area (Å²) >= 11 is 0. The van der Waals surface area contributed by atoms with Gasteiger partial charge in [-0.25, -0.2) is 9.18 Å². The number of ether oxygens (including phenoxy) is 1. The predicted molar refractivity (Wildman–Crippen MR) is 82.6 cm³/mol. The Morgan fingerprint density at radius 1 is 1.30 bits per heavy atom. The van der Waals surface area contributed by atoms with Crippen LogP contribution >= 0.6 is 0 Å². The molecule has 0 bridgehead atoms. The molecule has 2 aliphatic heterocycles. The van der Waals surface area contributed by atoms with Gasteiger partial charge in [0.25, 0.3) is 5.91 Å². The number of urea groups is 1. The van der Waals surface area contributed by atoms with Gasteiger partial charge in [0.15, 0.2) is 0 Å². The molecule has 0 aromatic heterocycles. The number of fused-ring (bicyclic) bond motifs is 1. The van der Waals surface area contributed by atoms with Crippen LogP contribution in [0.15, 0.2) is 24.3 Å². The third-order valence-corrected chi connectivity index (χ3v) is 4.77. The SMILES string of the molecule is CC[C@]12CCCN1C(=O)N(C[C@@H](C)Oc1ccc(F)cc1)C2=O. The molecule has 0 unspecified atom stereocenters. The highest BCUT2D eigenvalue weighted by molar-refractivity contribution is 6.07. The van der Waals surface area contributed by atoms with Crippen LogP contribution in [0.1, 0.15) is 33.1 Å². The third-order valence-electron chi connectivity index (χ3n) is 4.77. The molecule has 0 N–H and O–H groups in total. The minimum absolute atomic E-state index is 0.114. The van der Waals surface area contributed by atoms with E-state index in [-0.39, 0.29) is 30.4 Å². The lowest BCUT2D eigenvalue weighted by atomic mass is 9.93. The van der Waals surface area contributed by atoms with E-state index in [4.69, 9.17) is 4.74 Å². The normalized spacial score (nSPS) is 25.0. The number of carbonyl (C=O) groups excluding carboxylic acids is 2. The number of carbonyl (C=O) groups is 2. The summed E-state index contributed by atoms with van der Waals surface area (Å²) in [5.41, 5.74) is -0.646. The van der Waals surface area contributed by atoms with Crippen LogP contribution in [0, 0.1) is 5.82 Å². The lowest BCUT2D eigenvalue weighted by Crippen LogP contribution is -2.45. The van der Waals surface area contributed by atoms with E-state index in [2.05, 4.69) is 0 Å². The van der Waals surface area contributed by atoms with Crippen molar-refractivity contribution in [3.05, 3.63) is 30.1 Å². The number of amides is 3. The third kappa shape index (κ3) is 2.56. The van der Waals surface area contributed by atoms with E-state index in [0.29, 0.717) is 18.7 Å². The summed E-state index contributed by atoms with van der Waals surface area (Å²) in [7, 11) is 0. The van der Waals surface area contributed by atoms with Gasteiger partial charge in [0.05, 0.1) is 6.54 Å². The van der Waals surface area contributed by atoms with E-state index >= 15 is 0 Å². The van der Waals surface area contributed by atoms with Gasteiger partial charge in [0, 0.05) is 6.54 Å². The minimum atomic E-state index is -0.646. The van der Waals surface area contributed by atoms with Gasteiger partial charge in [0.2, 0.25) is 0 Å². The van der Waals surface area contributed by atoms with Crippen LogP contribution in [-0.2, 0) is 4.79 Å². The van der Waals surface area contributed by atoms with Crippen molar-refractivity contribution in [2.45, 2.75) is 44.8 Å². The summed E-state index contributed by atoms with van der Waals surface area (Å²) in [5, 5.41) is 0. The molecule has 1 aromatic rings. The number of nitrogens with zero attached hydrogens (tertiary/aromatic N) is 2. The van der Waals surface area contributed by atoms with Crippen molar-refractivity contribution in [2.75, 3.05) is 13.1 Å². The Bertz CT molecular complexity index is 619. The number of rotatable bonds is 5. The number of halogens is 1. The highest BCUT2D eigenvalue weighted by Gasteiger charge is 2.58. The van der Waals surface area contributed by atoms with Crippen molar-refractivity contribution in [3.8, 4) is 5.75 Å². The molecule has 5 nitrogen and oxygen atoms in total. The topological polar surface area (TPSA) is 49.9 Å². The molecular formula is C17H21FN2O3. The molecule has 0 spiro atoms. The fourth-order valence-electron chi connectivity index (χ4n) is 3.58. The van der Waals surface area contributed by atoms with Gasteiger partial charge in [-0.1, -0.05) is 6.92 Å². The first-order chi connectivity index (χ1) is 11.0. The highest BCUT2D eigenvalue weighted by Crippen LogP contribution is 2.40. The Balaban J connectivity index is 1.69. The molecule has 2 saturated heterocycles. The van der Waals surface area contributed by atoms with E-state index in [1.165, 1.54) is 29.2 Å². The first kappa shape index (κ1) is 15.8. The summed E-state index contributed by atoms with van der Waals surface area (Å²) in [6.07, 6.45) is 1.89. The Kier molecular flexibility index (Phi) is 4.00. The van der Waals surface area contributed by atoms with Crippen molar-refractivity contribution in [1.82, 2.24) is 9.80 Å². The standard InChI is InChI=1S/C17H21FN2O3/c1-3-17-9-4-10-20(17)16(22)19(15(17)21)11-12(2)23-14-7-5-13(18)6-8-14/h5-8,12H,3-4,9-11H2,1-2H3/t12-,17-/m1/s1. The van der Waals surface area contributed by atoms with Gasteiger partial charge >= 0.3 is 6.03 Å². The van der Waals surface area contributed by atoms with Crippen LogP contribution in [0.3, 0.4) is 0 Å². The van der Waals surface area contributed by atoms with Crippen LogP contribution in [0.5, 0.6) is 5.75 Å². The molecule has 23 heavy (non-hydrogen) atoms. The van der Waals surface area contributed by atoms with Crippen molar-refractivity contribution in [3.63, 3.8) is 0 Å². The Morgan fingerprint density at radius 2 is 2.00 bits per heavy atom. The highest BCUT2D eigenvalue weighted by atomic mass is 19.1. The van der Waals surface area contributed by atoms with Crippen molar-refractivity contribution in [1.29, 1.82) is 0 Å². The molecule has 2 aliphatic rings. The monoisotopic (exact) mass is 320 g/mol. The summed E-state index contributed by atoms with van der Waals surface area (Å²) in [6, 6.07) is 5.48. The zero-order chi connectivity index (χ0) is 16.6. The van der Waals surface area contributed by atoms with E-state index < -0.39 is 5.54 Å². The lowest BCUT2D eigenvalue weighted by Gasteiger charge is -2.26. The van der Waals surface area contributed by atoms with Crippen LogP contribution < -0.4 is 4.74 Å². The average molecular weight is 320 g/mol. The maximum atomic E-state index is 12.9. The lowest BCUT2D eigenvalue weighted by molar-refractivity contribution is -0.133. The van der Waals surface area contributed by atoms with Crippen LogP contribution in [0.4, 0.5) is 9.18 Å². The second-order valence-corrected chi connectivity index (χ2v) is 6.22. The molecule has 124 valence electrons. The molecular weight excluding hydrogens is 299 g/mol. The molecule has 6 heteroatoms. The molecule has 0 radical (unpaired) electrons. The summed E-state index contributed by atoms with van der Waals surface area (Å²) < 4.78 is 18.6. The smallest absolute Gasteiger partial charge is 0.327 e. The van der Waals surface area contributed by atoms with Crippen LogP contribution in [-0.4, -0.2) is 46.5 Å². The number of imide groups is 1. The van der Waals surface area contributed by atoms with E-state index in [0.717, 1.165) is 12.8 Å².